The van der Waals surface area contributed by atoms with Gasteiger partial charge < -0.3 is 10.2 Å². The van der Waals surface area contributed by atoms with Crippen molar-refractivity contribution in [3.63, 3.8) is 0 Å². The van der Waals surface area contributed by atoms with E-state index in [-0.39, 0.29) is 0 Å². The van der Waals surface area contributed by atoms with Crippen LogP contribution in [0.3, 0.4) is 0 Å². The van der Waals surface area contributed by atoms with E-state index in [1.54, 1.807) is 6.20 Å². The zero-order valence-corrected chi connectivity index (χ0v) is 12.2. The highest BCUT2D eigenvalue weighted by molar-refractivity contribution is 6.31. The molecule has 2 unspecified atom stereocenters. The highest BCUT2D eigenvalue weighted by Crippen LogP contribution is 2.34. The Bertz CT molecular complexity index is 388. The minimum Gasteiger partial charge on any atom is -0.316 e. The van der Waals surface area contributed by atoms with Crippen LogP contribution in [0.5, 0.6) is 0 Å². The van der Waals surface area contributed by atoms with E-state index in [2.05, 4.69) is 41.0 Å². The van der Waals surface area contributed by atoms with Crippen LogP contribution < -0.4 is 5.32 Å². The van der Waals surface area contributed by atoms with Crippen LogP contribution in [-0.2, 0) is 6.54 Å². The molecule has 0 spiro atoms. The first-order valence-corrected chi connectivity index (χ1v) is 7.04. The first-order valence-electron chi connectivity index (χ1n) is 6.66. The molecule has 0 aromatic carbocycles. The molecule has 1 saturated heterocycles. The van der Waals surface area contributed by atoms with Crippen molar-refractivity contribution >= 4 is 11.6 Å². The number of aromatic nitrogens is 2. The Balaban J connectivity index is 2.17. The van der Waals surface area contributed by atoms with E-state index in [1.807, 2.05) is 0 Å². The Morgan fingerprint density at radius 2 is 2.33 bits per heavy atom. The van der Waals surface area contributed by atoms with Crippen molar-refractivity contribution in [1.82, 2.24) is 20.0 Å². The lowest BCUT2D eigenvalue weighted by Gasteiger charge is -2.30. The van der Waals surface area contributed by atoms with Gasteiger partial charge in [-0.15, -0.1) is 0 Å². The molecular weight excluding hydrogens is 248 g/mol. The molecule has 0 aliphatic carbocycles. The summed E-state index contributed by atoms with van der Waals surface area (Å²) in [7, 11) is 4.16. The van der Waals surface area contributed by atoms with Gasteiger partial charge >= 0.3 is 0 Å². The quantitative estimate of drug-likeness (QED) is 0.906. The zero-order valence-electron chi connectivity index (χ0n) is 11.5. The maximum atomic E-state index is 6.34. The van der Waals surface area contributed by atoms with Gasteiger partial charge in [0, 0.05) is 12.5 Å². The van der Waals surface area contributed by atoms with Crippen molar-refractivity contribution in [3.8, 4) is 0 Å². The second-order valence-corrected chi connectivity index (χ2v) is 5.89. The fraction of sp³-hybridized carbons (Fsp3) is 0.769. The third-order valence-electron chi connectivity index (χ3n) is 3.73. The van der Waals surface area contributed by atoms with E-state index in [1.165, 1.54) is 5.69 Å². The molecule has 0 amide bonds. The number of nitrogens with zero attached hydrogens (tertiary/aromatic N) is 3. The second kappa shape index (κ2) is 6.04. The van der Waals surface area contributed by atoms with E-state index >= 15 is 0 Å². The second-order valence-electron chi connectivity index (χ2n) is 5.48. The molecule has 1 aromatic heterocycles. The molecule has 4 nitrogen and oxygen atoms in total. The van der Waals surface area contributed by atoms with Crippen molar-refractivity contribution in [2.24, 2.45) is 5.92 Å². The van der Waals surface area contributed by atoms with E-state index in [4.69, 9.17) is 11.6 Å². The lowest BCUT2D eigenvalue weighted by atomic mass is 9.85. The highest BCUT2D eigenvalue weighted by atomic mass is 35.5. The molecule has 1 N–H and O–H groups in total. The molecular formula is C13H23ClN4. The molecule has 18 heavy (non-hydrogen) atoms. The number of halogens is 1. The lowest BCUT2D eigenvalue weighted by molar-refractivity contribution is 0.319. The van der Waals surface area contributed by atoms with Crippen LogP contribution >= 0.6 is 11.6 Å². The third kappa shape index (κ3) is 3.05. The van der Waals surface area contributed by atoms with Crippen LogP contribution in [0.1, 0.15) is 25.0 Å². The van der Waals surface area contributed by atoms with Crippen molar-refractivity contribution in [2.45, 2.75) is 25.8 Å². The zero-order chi connectivity index (χ0) is 13.1. The SMILES string of the molecule is CC1CNCCC1c1c(Cl)cnn1CCN(C)C. The first-order chi connectivity index (χ1) is 8.59. The van der Waals surface area contributed by atoms with E-state index < -0.39 is 0 Å². The predicted molar refractivity (Wildman–Crippen MR) is 75.2 cm³/mol. The average Bonchev–Trinajstić information content (AvgIpc) is 2.69. The molecule has 5 heteroatoms. The van der Waals surface area contributed by atoms with Crippen LogP contribution in [0, 0.1) is 5.92 Å². The fourth-order valence-corrected chi connectivity index (χ4v) is 2.92. The van der Waals surface area contributed by atoms with Gasteiger partial charge in [-0.25, -0.2) is 0 Å². The molecule has 1 aliphatic heterocycles. The minimum atomic E-state index is 0.531. The molecule has 2 rings (SSSR count). The van der Waals surface area contributed by atoms with Crippen LogP contribution in [0.15, 0.2) is 6.20 Å². The standard InChI is InChI=1S/C13H23ClN4/c1-10-8-15-5-4-11(10)13-12(14)9-16-18(13)7-6-17(2)3/h9-11,15H,4-8H2,1-3H3. The number of hydrogen-bond acceptors (Lipinski definition) is 3. The number of piperidine rings is 1. The van der Waals surface area contributed by atoms with E-state index in [0.717, 1.165) is 37.6 Å². The first kappa shape index (κ1) is 13.8. The van der Waals surface area contributed by atoms with Crippen LogP contribution in [0.25, 0.3) is 0 Å². The van der Waals surface area contributed by atoms with Crippen LogP contribution in [0.2, 0.25) is 5.02 Å². The lowest BCUT2D eigenvalue weighted by Crippen LogP contribution is -2.35. The summed E-state index contributed by atoms with van der Waals surface area (Å²) < 4.78 is 2.09. The van der Waals surface area contributed by atoms with Gasteiger partial charge in [-0.3, -0.25) is 4.68 Å². The molecule has 2 atom stereocenters. The molecule has 1 fully saturated rings. The summed E-state index contributed by atoms with van der Waals surface area (Å²) >= 11 is 6.34. The summed E-state index contributed by atoms with van der Waals surface area (Å²) in [6.45, 7) is 6.33. The maximum Gasteiger partial charge on any atom is 0.0820 e. The van der Waals surface area contributed by atoms with E-state index in [0.29, 0.717) is 11.8 Å². The predicted octanol–water partition coefficient (Wildman–Crippen LogP) is 1.81. The largest absolute Gasteiger partial charge is 0.316 e. The van der Waals surface area contributed by atoms with Gasteiger partial charge in [-0.2, -0.15) is 5.10 Å². The van der Waals surface area contributed by atoms with Gasteiger partial charge in [-0.05, 0) is 39.5 Å². The Morgan fingerprint density at radius 3 is 3.00 bits per heavy atom. The van der Waals surface area contributed by atoms with Gasteiger partial charge in [-0.1, -0.05) is 18.5 Å². The molecule has 0 radical (unpaired) electrons. The summed E-state index contributed by atoms with van der Waals surface area (Å²) in [5, 5.41) is 8.70. The molecule has 0 bridgehead atoms. The summed E-state index contributed by atoms with van der Waals surface area (Å²) in [5.74, 6) is 1.15. The van der Waals surface area contributed by atoms with E-state index in [9.17, 15) is 0 Å². The van der Waals surface area contributed by atoms with Gasteiger partial charge in [0.15, 0.2) is 0 Å². The van der Waals surface area contributed by atoms with Gasteiger partial charge in [0.2, 0.25) is 0 Å². The fourth-order valence-electron chi connectivity index (χ4n) is 2.63. The van der Waals surface area contributed by atoms with Crippen molar-refractivity contribution in [1.29, 1.82) is 0 Å². The van der Waals surface area contributed by atoms with Gasteiger partial charge in [0.1, 0.15) is 0 Å². The van der Waals surface area contributed by atoms with Gasteiger partial charge in [0.25, 0.3) is 0 Å². The Hall–Kier alpha value is -0.580. The topological polar surface area (TPSA) is 33.1 Å². The monoisotopic (exact) mass is 270 g/mol. The van der Waals surface area contributed by atoms with Crippen molar-refractivity contribution in [2.75, 3.05) is 33.7 Å². The van der Waals surface area contributed by atoms with Crippen LogP contribution in [0.4, 0.5) is 0 Å². The summed E-state index contributed by atoms with van der Waals surface area (Å²) in [6, 6.07) is 0. The number of hydrogen-bond donors (Lipinski definition) is 1. The normalized spacial score (nSPS) is 24.7. The third-order valence-corrected chi connectivity index (χ3v) is 4.02. The molecule has 102 valence electrons. The number of likely N-dealkylation sites (N-methyl/N-ethyl adjacent to an activating group) is 1. The van der Waals surface area contributed by atoms with Crippen LogP contribution in [-0.4, -0.2) is 48.4 Å². The number of nitrogens with one attached hydrogen (secondary N) is 1. The average molecular weight is 271 g/mol. The van der Waals surface area contributed by atoms with Crippen molar-refractivity contribution in [3.05, 3.63) is 16.9 Å². The molecule has 1 aliphatic rings. The Morgan fingerprint density at radius 1 is 1.56 bits per heavy atom. The minimum absolute atomic E-state index is 0.531. The number of rotatable bonds is 4. The molecule has 0 saturated carbocycles. The smallest absolute Gasteiger partial charge is 0.0820 e. The maximum absolute atomic E-state index is 6.34. The Labute approximate surface area is 114 Å². The van der Waals surface area contributed by atoms with Gasteiger partial charge in [0.05, 0.1) is 23.5 Å². The van der Waals surface area contributed by atoms with Crippen molar-refractivity contribution < 1.29 is 0 Å². The highest BCUT2D eigenvalue weighted by Gasteiger charge is 2.27. The summed E-state index contributed by atoms with van der Waals surface area (Å²) in [5.41, 5.74) is 1.23. The molecule has 1 aromatic rings. The Kier molecular flexibility index (Phi) is 4.65. The molecule has 2 heterocycles. The summed E-state index contributed by atoms with van der Waals surface area (Å²) in [4.78, 5) is 2.17. The summed E-state index contributed by atoms with van der Waals surface area (Å²) in [6.07, 6.45) is 2.94.